The van der Waals surface area contributed by atoms with E-state index in [-0.39, 0.29) is 16.5 Å². The lowest BCUT2D eigenvalue weighted by Crippen LogP contribution is -2.20. The van der Waals surface area contributed by atoms with Crippen molar-refractivity contribution < 1.29 is 19.2 Å². The van der Waals surface area contributed by atoms with Gasteiger partial charge in [0.25, 0.3) is 0 Å². The highest BCUT2D eigenvalue weighted by atomic mass is 35.5. The number of aliphatic carboxylic acids is 1. The van der Waals surface area contributed by atoms with Gasteiger partial charge in [-0.2, -0.15) is 0 Å². The van der Waals surface area contributed by atoms with Crippen molar-refractivity contribution in [2.24, 2.45) is 0 Å². The maximum atomic E-state index is 13.2. The standard InChI is InChI=1S/C10H6ClFN2O4S/c11-4-1-6-8(2-5(4)12)19-3-7(13-6)9(10(15)16)14(17)18/h1-2,13H,3H2,(H,15,16). The monoisotopic (exact) mass is 304 g/mol. The van der Waals surface area contributed by atoms with Gasteiger partial charge in [-0.25, -0.2) is 9.18 Å². The van der Waals surface area contributed by atoms with Crippen molar-refractivity contribution in [2.45, 2.75) is 4.90 Å². The zero-order valence-corrected chi connectivity index (χ0v) is 10.7. The van der Waals surface area contributed by atoms with Crippen molar-refractivity contribution in [3.8, 4) is 0 Å². The molecule has 0 fully saturated rings. The molecule has 0 bridgehead atoms. The molecule has 19 heavy (non-hydrogen) atoms. The number of nitro groups is 1. The minimum absolute atomic E-state index is 0.0384. The highest BCUT2D eigenvalue weighted by Crippen LogP contribution is 2.38. The summed E-state index contributed by atoms with van der Waals surface area (Å²) in [6, 6.07) is 2.45. The summed E-state index contributed by atoms with van der Waals surface area (Å²) in [6.07, 6.45) is 0. The number of anilines is 1. The van der Waals surface area contributed by atoms with Gasteiger partial charge in [-0.05, 0) is 12.1 Å². The normalized spacial score (nSPS) is 16.3. The molecule has 1 aliphatic heterocycles. The van der Waals surface area contributed by atoms with Gasteiger partial charge in [-0.3, -0.25) is 10.1 Å². The van der Waals surface area contributed by atoms with Crippen LogP contribution in [0, 0.1) is 15.9 Å². The Morgan fingerprint density at radius 3 is 2.84 bits per heavy atom. The number of halogens is 2. The Bertz CT molecular complexity index is 604. The molecular weight excluding hydrogens is 299 g/mol. The molecule has 6 nitrogen and oxygen atoms in total. The molecule has 0 aromatic heterocycles. The Morgan fingerprint density at radius 1 is 1.58 bits per heavy atom. The van der Waals surface area contributed by atoms with E-state index in [0.717, 1.165) is 11.8 Å². The van der Waals surface area contributed by atoms with Crippen LogP contribution in [0.5, 0.6) is 0 Å². The van der Waals surface area contributed by atoms with Crippen molar-refractivity contribution in [3.05, 3.63) is 44.5 Å². The number of nitrogens with zero attached hydrogens (tertiary/aromatic N) is 1. The van der Waals surface area contributed by atoms with Gasteiger partial charge >= 0.3 is 11.7 Å². The zero-order valence-electron chi connectivity index (χ0n) is 9.15. The molecule has 1 aromatic carbocycles. The Kier molecular flexibility index (Phi) is 3.63. The zero-order chi connectivity index (χ0) is 14.2. The fourth-order valence-corrected chi connectivity index (χ4v) is 2.66. The SMILES string of the molecule is O=C(O)C(=C1CSc2cc(F)c(Cl)cc2N1)[N+](=O)[O-]. The van der Waals surface area contributed by atoms with Crippen LogP contribution in [0.2, 0.25) is 5.02 Å². The van der Waals surface area contributed by atoms with Gasteiger partial charge < -0.3 is 10.4 Å². The summed E-state index contributed by atoms with van der Waals surface area (Å²) < 4.78 is 13.2. The van der Waals surface area contributed by atoms with Crippen LogP contribution >= 0.6 is 23.4 Å². The number of thioether (sulfide) groups is 1. The molecule has 100 valence electrons. The van der Waals surface area contributed by atoms with Crippen molar-refractivity contribution in [1.29, 1.82) is 0 Å². The number of carboxylic acid groups (broad SMARTS) is 1. The topological polar surface area (TPSA) is 92.5 Å². The first-order chi connectivity index (χ1) is 8.90. The second kappa shape index (κ2) is 5.06. The number of carbonyl (C=O) groups is 1. The van der Waals surface area contributed by atoms with Gasteiger partial charge in [0.05, 0.1) is 15.6 Å². The number of carboxylic acids is 1. The number of rotatable bonds is 2. The van der Waals surface area contributed by atoms with Crippen molar-refractivity contribution in [1.82, 2.24) is 0 Å². The van der Waals surface area contributed by atoms with Crippen LogP contribution < -0.4 is 5.32 Å². The molecule has 0 aliphatic carbocycles. The largest absolute Gasteiger partial charge is 0.473 e. The molecule has 0 saturated carbocycles. The Labute approximate surface area is 115 Å². The molecule has 1 heterocycles. The number of benzene rings is 1. The highest BCUT2D eigenvalue weighted by molar-refractivity contribution is 7.99. The van der Waals surface area contributed by atoms with E-state index in [4.69, 9.17) is 16.7 Å². The minimum Gasteiger partial charge on any atom is -0.473 e. The van der Waals surface area contributed by atoms with E-state index in [1.54, 1.807) is 0 Å². The predicted molar refractivity (Wildman–Crippen MR) is 67.4 cm³/mol. The molecule has 1 aromatic rings. The number of hydrogen-bond donors (Lipinski definition) is 2. The third kappa shape index (κ3) is 2.64. The quantitative estimate of drug-likeness (QED) is 0.495. The van der Waals surface area contributed by atoms with Gasteiger partial charge in [-0.15, -0.1) is 11.8 Å². The van der Waals surface area contributed by atoms with Gasteiger partial charge in [0.15, 0.2) is 0 Å². The summed E-state index contributed by atoms with van der Waals surface area (Å²) in [6.45, 7) is 0. The molecule has 0 radical (unpaired) electrons. The van der Waals surface area contributed by atoms with E-state index in [2.05, 4.69) is 5.32 Å². The summed E-state index contributed by atoms with van der Waals surface area (Å²) in [5, 5.41) is 22.0. The molecule has 9 heteroatoms. The van der Waals surface area contributed by atoms with E-state index in [0.29, 0.717) is 10.6 Å². The van der Waals surface area contributed by atoms with Gasteiger partial charge in [0, 0.05) is 10.6 Å². The van der Waals surface area contributed by atoms with Crippen molar-refractivity contribution >= 4 is 35.0 Å². The Morgan fingerprint density at radius 2 is 2.26 bits per heavy atom. The second-order valence-corrected chi connectivity index (χ2v) is 4.99. The maximum absolute atomic E-state index is 13.2. The average Bonchev–Trinajstić information content (AvgIpc) is 2.30. The van der Waals surface area contributed by atoms with Gasteiger partial charge in [0.2, 0.25) is 0 Å². The van der Waals surface area contributed by atoms with Crippen LogP contribution in [-0.2, 0) is 4.79 Å². The molecule has 0 atom stereocenters. The van der Waals surface area contributed by atoms with Gasteiger partial charge in [-0.1, -0.05) is 11.6 Å². The summed E-state index contributed by atoms with van der Waals surface area (Å²) in [5.74, 6) is -2.20. The van der Waals surface area contributed by atoms with Crippen LogP contribution in [0.1, 0.15) is 0 Å². The summed E-state index contributed by atoms with van der Waals surface area (Å²) in [4.78, 5) is 21.1. The Hall–Kier alpha value is -1.80. The fourth-order valence-electron chi connectivity index (χ4n) is 1.54. The number of nitrogens with one attached hydrogen (secondary N) is 1. The molecule has 0 saturated heterocycles. The molecule has 0 amide bonds. The predicted octanol–water partition coefficient (Wildman–Crippen LogP) is 2.57. The summed E-state index contributed by atoms with van der Waals surface area (Å²) >= 11 is 6.70. The van der Waals surface area contributed by atoms with Gasteiger partial charge in [0.1, 0.15) is 11.5 Å². The van der Waals surface area contributed by atoms with Crippen LogP contribution in [0.3, 0.4) is 0 Å². The lowest BCUT2D eigenvalue weighted by Gasteiger charge is -2.19. The summed E-state index contributed by atoms with van der Waals surface area (Å²) in [7, 11) is 0. The van der Waals surface area contributed by atoms with Crippen LogP contribution in [0.4, 0.5) is 10.1 Å². The average molecular weight is 305 g/mol. The first-order valence-corrected chi connectivity index (χ1v) is 6.26. The Balaban J connectivity index is 2.47. The molecular formula is C10H6ClFN2O4S. The van der Waals surface area contributed by atoms with E-state index >= 15 is 0 Å². The smallest absolute Gasteiger partial charge is 0.409 e. The van der Waals surface area contributed by atoms with E-state index in [1.807, 2.05) is 0 Å². The fraction of sp³-hybridized carbons (Fsp3) is 0.100. The molecule has 1 aliphatic rings. The van der Waals surface area contributed by atoms with E-state index in [9.17, 15) is 19.3 Å². The second-order valence-electron chi connectivity index (χ2n) is 3.57. The van der Waals surface area contributed by atoms with Crippen LogP contribution in [0.15, 0.2) is 28.4 Å². The molecule has 2 N–H and O–H groups in total. The number of hydrogen-bond acceptors (Lipinski definition) is 5. The first-order valence-electron chi connectivity index (χ1n) is 4.90. The molecule has 0 spiro atoms. The van der Waals surface area contributed by atoms with Crippen LogP contribution in [0.25, 0.3) is 0 Å². The lowest BCUT2D eigenvalue weighted by molar-refractivity contribution is -0.422. The third-order valence-corrected chi connectivity index (χ3v) is 3.72. The first kappa shape index (κ1) is 13.6. The van der Waals surface area contributed by atoms with Crippen molar-refractivity contribution in [2.75, 3.05) is 11.1 Å². The van der Waals surface area contributed by atoms with Crippen molar-refractivity contribution in [3.63, 3.8) is 0 Å². The van der Waals surface area contributed by atoms with Crippen LogP contribution in [-0.4, -0.2) is 21.8 Å². The lowest BCUT2D eigenvalue weighted by atomic mass is 10.2. The molecule has 0 unspecified atom stereocenters. The third-order valence-electron chi connectivity index (χ3n) is 2.35. The number of fused-ring (bicyclic) bond motifs is 1. The summed E-state index contributed by atoms with van der Waals surface area (Å²) in [5.41, 5.74) is -0.644. The minimum atomic E-state index is -1.63. The van der Waals surface area contributed by atoms with E-state index in [1.165, 1.54) is 12.1 Å². The molecule has 2 rings (SSSR count). The van der Waals surface area contributed by atoms with E-state index < -0.39 is 22.4 Å². The highest BCUT2D eigenvalue weighted by Gasteiger charge is 2.30. The maximum Gasteiger partial charge on any atom is 0.409 e.